The van der Waals surface area contributed by atoms with Crippen LogP contribution in [-0.2, 0) is 6.54 Å². The van der Waals surface area contributed by atoms with Gasteiger partial charge >= 0.3 is 0 Å². The topological polar surface area (TPSA) is 75.9 Å². The van der Waals surface area contributed by atoms with Crippen molar-refractivity contribution in [1.29, 1.82) is 0 Å². The number of aliphatic hydroxyl groups excluding tert-OH is 1. The van der Waals surface area contributed by atoms with Gasteiger partial charge < -0.3 is 10.4 Å². The second kappa shape index (κ2) is 6.82. The van der Waals surface area contributed by atoms with Crippen LogP contribution in [0.15, 0.2) is 5.16 Å². The van der Waals surface area contributed by atoms with Crippen LogP contribution in [0.25, 0.3) is 0 Å². The van der Waals surface area contributed by atoms with E-state index in [1.807, 2.05) is 0 Å². The van der Waals surface area contributed by atoms with Crippen molar-refractivity contribution in [2.24, 2.45) is 0 Å². The first-order valence-corrected chi connectivity index (χ1v) is 6.38. The van der Waals surface area contributed by atoms with Crippen molar-refractivity contribution < 1.29 is 5.11 Å². The third-order valence-corrected chi connectivity index (χ3v) is 3.03. The molecule has 0 spiro atoms. The third kappa shape index (κ3) is 4.91. The van der Waals surface area contributed by atoms with Crippen LogP contribution in [0, 0.1) is 0 Å². The number of thioether (sulfide) groups is 1. The highest BCUT2D eigenvalue weighted by Crippen LogP contribution is 2.14. The van der Waals surface area contributed by atoms with Crippen LogP contribution in [0.2, 0.25) is 0 Å². The van der Waals surface area contributed by atoms with Gasteiger partial charge in [-0.1, -0.05) is 25.6 Å². The molecule has 16 heavy (non-hydrogen) atoms. The van der Waals surface area contributed by atoms with Crippen molar-refractivity contribution in [3.05, 3.63) is 0 Å². The molecular formula is C9H19N5OS. The lowest BCUT2D eigenvalue weighted by Crippen LogP contribution is -2.27. The van der Waals surface area contributed by atoms with Crippen LogP contribution in [-0.4, -0.2) is 49.8 Å². The van der Waals surface area contributed by atoms with Crippen LogP contribution < -0.4 is 5.32 Å². The summed E-state index contributed by atoms with van der Waals surface area (Å²) in [6.45, 7) is 7.53. The SMILES string of the molecule is CC(O)CSc1nnnn1CCNC(C)C. The highest BCUT2D eigenvalue weighted by atomic mass is 32.2. The van der Waals surface area contributed by atoms with Crippen molar-refractivity contribution in [2.45, 2.75) is 44.6 Å². The van der Waals surface area contributed by atoms with Crippen molar-refractivity contribution in [2.75, 3.05) is 12.3 Å². The molecule has 1 atom stereocenters. The average molecular weight is 245 g/mol. The van der Waals surface area contributed by atoms with Gasteiger partial charge in [0.25, 0.3) is 0 Å². The van der Waals surface area contributed by atoms with Crippen LogP contribution in [0.4, 0.5) is 0 Å². The van der Waals surface area contributed by atoms with Gasteiger partial charge in [-0.05, 0) is 17.4 Å². The minimum Gasteiger partial charge on any atom is -0.393 e. The van der Waals surface area contributed by atoms with Gasteiger partial charge in [0.2, 0.25) is 5.16 Å². The minimum absolute atomic E-state index is 0.344. The molecule has 92 valence electrons. The summed E-state index contributed by atoms with van der Waals surface area (Å²) in [7, 11) is 0. The van der Waals surface area contributed by atoms with E-state index in [9.17, 15) is 5.11 Å². The number of aromatic nitrogens is 4. The number of hydrogen-bond donors (Lipinski definition) is 2. The van der Waals surface area contributed by atoms with E-state index in [1.54, 1.807) is 11.6 Å². The molecule has 0 bridgehead atoms. The Bertz CT molecular complexity index is 302. The van der Waals surface area contributed by atoms with Crippen molar-refractivity contribution >= 4 is 11.8 Å². The largest absolute Gasteiger partial charge is 0.393 e. The molecule has 0 saturated carbocycles. The van der Waals surface area contributed by atoms with Crippen molar-refractivity contribution in [3.8, 4) is 0 Å². The van der Waals surface area contributed by atoms with Gasteiger partial charge in [0, 0.05) is 18.3 Å². The molecule has 0 amide bonds. The Morgan fingerprint density at radius 2 is 2.19 bits per heavy atom. The first-order valence-electron chi connectivity index (χ1n) is 5.40. The van der Waals surface area contributed by atoms with Gasteiger partial charge in [0.1, 0.15) is 0 Å². The van der Waals surface area contributed by atoms with Gasteiger partial charge in [-0.25, -0.2) is 4.68 Å². The Labute approximate surface area is 99.8 Å². The van der Waals surface area contributed by atoms with Gasteiger partial charge in [0.05, 0.1) is 12.6 Å². The molecule has 0 saturated heterocycles. The first-order chi connectivity index (χ1) is 7.59. The van der Waals surface area contributed by atoms with Gasteiger partial charge in [0.15, 0.2) is 0 Å². The average Bonchev–Trinajstić information content (AvgIpc) is 2.62. The van der Waals surface area contributed by atoms with E-state index >= 15 is 0 Å². The zero-order valence-corrected chi connectivity index (χ0v) is 10.7. The number of rotatable bonds is 7. The van der Waals surface area contributed by atoms with Gasteiger partial charge in [-0.2, -0.15) is 0 Å². The number of aliphatic hydroxyl groups is 1. The standard InChI is InChI=1S/C9H19N5OS/c1-7(2)10-4-5-14-9(11-12-13-14)16-6-8(3)15/h7-8,10,15H,4-6H2,1-3H3. The predicted molar refractivity (Wildman–Crippen MR) is 63.4 cm³/mol. The number of hydrogen-bond acceptors (Lipinski definition) is 6. The fraction of sp³-hybridized carbons (Fsp3) is 0.889. The van der Waals surface area contributed by atoms with E-state index in [1.165, 1.54) is 11.8 Å². The summed E-state index contributed by atoms with van der Waals surface area (Å²) in [5.74, 6) is 0.609. The summed E-state index contributed by atoms with van der Waals surface area (Å²) in [6.07, 6.45) is -0.344. The second-order valence-corrected chi connectivity index (χ2v) is 4.94. The van der Waals surface area contributed by atoms with E-state index in [0.29, 0.717) is 11.8 Å². The second-order valence-electron chi connectivity index (χ2n) is 3.95. The normalized spacial score (nSPS) is 13.3. The molecule has 7 heteroatoms. The van der Waals surface area contributed by atoms with E-state index in [4.69, 9.17) is 0 Å². The van der Waals surface area contributed by atoms with Gasteiger partial charge in [-0.15, -0.1) is 5.10 Å². The van der Waals surface area contributed by atoms with E-state index in [0.717, 1.165) is 18.2 Å². The maximum atomic E-state index is 9.18. The fourth-order valence-electron chi connectivity index (χ4n) is 1.09. The molecule has 6 nitrogen and oxygen atoms in total. The Hall–Kier alpha value is -0.660. The van der Waals surface area contributed by atoms with Crippen LogP contribution in [0.3, 0.4) is 0 Å². The number of nitrogens with one attached hydrogen (secondary N) is 1. The Balaban J connectivity index is 2.38. The first kappa shape index (κ1) is 13.4. The molecule has 1 heterocycles. The quantitative estimate of drug-likeness (QED) is 0.666. The molecular weight excluding hydrogens is 226 g/mol. The zero-order chi connectivity index (χ0) is 12.0. The maximum absolute atomic E-state index is 9.18. The molecule has 0 aliphatic rings. The fourth-order valence-corrected chi connectivity index (χ4v) is 1.86. The number of tetrazole rings is 1. The molecule has 1 aromatic heterocycles. The van der Waals surface area contributed by atoms with Crippen LogP contribution in [0.1, 0.15) is 20.8 Å². The zero-order valence-electron chi connectivity index (χ0n) is 9.92. The molecule has 0 radical (unpaired) electrons. The summed E-state index contributed by atoms with van der Waals surface area (Å²) in [4.78, 5) is 0. The van der Waals surface area contributed by atoms with E-state index in [2.05, 4.69) is 34.7 Å². The number of nitrogens with zero attached hydrogens (tertiary/aromatic N) is 4. The summed E-state index contributed by atoms with van der Waals surface area (Å²) in [5.41, 5.74) is 0. The van der Waals surface area contributed by atoms with Crippen LogP contribution in [0.5, 0.6) is 0 Å². The summed E-state index contributed by atoms with van der Waals surface area (Å²) >= 11 is 1.47. The lowest BCUT2D eigenvalue weighted by atomic mass is 10.4. The smallest absolute Gasteiger partial charge is 0.209 e. The summed E-state index contributed by atoms with van der Waals surface area (Å²) in [6, 6.07) is 0.463. The molecule has 0 fully saturated rings. The summed E-state index contributed by atoms with van der Waals surface area (Å²) in [5, 5.41) is 24.7. The summed E-state index contributed by atoms with van der Waals surface area (Å²) < 4.78 is 1.75. The molecule has 0 aliphatic heterocycles. The minimum atomic E-state index is -0.344. The van der Waals surface area contributed by atoms with Crippen molar-refractivity contribution in [1.82, 2.24) is 25.5 Å². The lowest BCUT2D eigenvalue weighted by Gasteiger charge is -2.08. The Kier molecular flexibility index (Phi) is 5.72. The van der Waals surface area contributed by atoms with E-state index in [-0.39, 0.29) is 6.10 Å². The highest BCUT2D eigenvalue weighted by molar-refractivity contribution is 7.99. The third-order valence-electron chi connectivity index (χ3n) is 1.83. The van der Waals surface area contributed by atoms with Crippen molar-refractivity contribution in [3.63, 3.8) is 0 Å². The molecule has 1 aromatic rings. The lowest BCUT2D eigenvalue weighted by molar-refractivity contribution is 0.220. The Morgan fingerprint density at radius 3 is 2.81 bits per heavy atom. The predicted octanol–water partition coefficient (Wildman–Crippen LogP) is 0.144. The molecule has 2 N–H and O–H groups in total. The molecule has 0 aromatic carbocycles. The van der Waals surface area contributed by atoms with Gasteiger partial charge in [-0.3, -0.25) is 0 Å². The maximum Gasteiger partial charge on any atom is 0.209 e. The molecule has 1 rings (SSSR count). The van der Waals surface area contributed by atoms with Crippen LogP contribution >= 0.6 is 11.8 Å². The highest BCUT2D eigenvalue weighted by Gasteiger charge is 2.07. The van der Waals surface area contributed by atoms with E-state index < -0.39 is 0 Å². The monoisotopic (exact) mass is 245 g/mol. The Morgan fingerprint density at radius 1 is 1.44 bits per heavy atom. The molecule has 0 aliphatic carbocycles. The molecule has 1 unspecified atom stereocenters.